The quantitative estimate of drug-likeness (QED) is 0.562. The Balaban J connectivity index is 1.66. The van der Waals surface area contributed by atoms with E-state index in [4.69, 9.17) is 4.42 Å². The van der Waals surface area contributed by atoms with Gasteiger partial charge in [0.1, 0.15) is 5.58 Å². The van der Waals surface area contributed by atoms with Gasteiger partial charge in [-0.1, -0.05) is 24.3 Å². The zero-order valence-corrected chi connectivity index (χ0v) is 15.4. The first-order chi connectivity index (χ1) is 13.0. The van der Waals surface area contributed by atoms with Crippen molar-refractivity contribution in [1.29, 1.82) is 0 Å². The highest BCUT2D eigenvalue weighted by molar-refractivity contribution is 5.84. The summed E-state index contributed by atoms with van der Waals surface area (Å²) < 4.78 is 7.06. The number of benzene rings is 2. The molecule has 0 saturated carbocycles. The first-order valence-corrected chi connectivity index (χ1v) is 8.62. The number of aryl methyl sites for hydroxylation is 3. The van der Waals surface area contributed by atoms with Crippen LogP contribution in [0, 0.1) is 13.8 Å². The molecule has 7 nitrogen and oxygen atoms in total. The number of fused-ring (bicyclic) bond motifs is 1. The Morgan fingerprint density at radius 2 is 2.00 bits per heavy atom. The molecular weight excluding hydrogens is 342 g/mol. The van der Waals surface area contributed by atoms with Gasteiger partial charge in [0, 0.05) is 36.3 Å². The Labute approximate surface area is 155 Å². The molecule has 0 radical (unpaired) electrons. The van der Waals surface area contributed by atoms with Crippen LogP contribution in [-0.4, -0.2) is 20.2 Å². The monoisotopic (exact) mass is 361 g/mol. The number of hydrogen-bond acceptors (Lipinski definition) is 6. The van der Waals surface area contributed by atoms with Gasteiger partial charge in [-0.05, 0) is 53.1 Å². The molecule has 27 heavy (non-hydrogen) atoms. The number of rotatable bonds is 4. The van der Waals surface area contributed by atoms with Crippen molar-refractivity contribution in [1.82, 2.24) is 20.2 Å². The smallest absolute Gasteiger partial charge is 0.336 e. The van der Waals surface area contributed by atoms with Crippen LogP contribution in [0.5, 0.6) is 0 Å². The topological polar surface area (TPSA) is 85.8 Å². The number of hydrogen-bond donors (Lipinski definition) is 1. The lowest BCUT2D eigenvalue weighted by Crippen LogP contribution is -2.07. The predicted octanol–water partition coefficient (Wildman–Crippen LogP) is 3.21. The molecule has 0 unspecified atom stereocenters. The molecule has 136 valence electrons. The maximum absolute atomic E-state index is 12.0. The van der Waals surface area contributed by atoms with E-state index >= 15 is 0 Å². The van der Waals surface area contributed by atoms with Gasteiger partial charge >= 0.3 is 5.63 Å². The first-order valence-electron chi connectivity index (χ1n) is 8.62. The minimum atomic E-state index is -0.341. The lowest BCUT2D eigenvalue weighted by molar-refractivity contribution is 0.556. The molecule has 4 rings (SSSR count). The van der Waals surface area contributed by atoms with Gasteiger partial charge < -0.3 is 9.73 Å². The van der Waals surface area contributed by atoms with Gasteiger partial charge in [-0.25, -0.2) is 9.48 Å². The molecule has 0 aliphatic rings. The van der Waals surface area contributed by atoms with Crippen molar-refractivity contribution in [2.45, 2.75) is 20.4 Å². The highest BCUT2D eigenvalue weighted by atomic mass is 16.4. The summed E-state index contributed by atoms with van der Waals surface area (Å²) in [5.41, 5.74) is 5.13. The van der Waals surface area contributed by atoms with Crippen LogP contribution in [0.1, 0.15) is 16.7 Å². The number of nitrogens with one attached hydrogen (secondary N) is 1. The molecule has 0 aliphatic heterocycles. The summed E-state index contributed by atoms with van der Waals surface area (Å²) in [4.78, 5) is 12.0. The van der Waals surface area contributed by atoms with E-state index in [1.54, 1.807) is 17.8 Å². The molecule has 2 aromatic carbocycles. The van der Waals surface area contributed by atoms with Gasteiger partial charge in [-0.3, -0.25) is 0 Å². The Morgan fingerprint density at radius 1 is 1.15 bits per heavy atom. The number of nitrogens with zero attached hydrogens (tertiary/aromatic N) is 4. The van der Waals surface area contributed by atoms with E-state index in [0.29, 0.717) is 18.0 Å². The van der Waals surface area contributed by atoms with Gasteiger partial charge in [0.15, 0.2) is 5.82 Å². The molecule has 0 atom stereocenters. The van der Waals surface area contributed by atoms with E-state index in [9.17, 15) is 4.79 Å². The van der Waals surface area contributed by atoms with E-state index in [1.165, 1.54) is 0 Å². The molecular formula is C20H19N5O2. The second-order valence-corrected chi connectivity index (χ2v) is 6.54. The molecule has 0 amide bonds. The summed E-state index contributed by atoms with van der Waals surface area (Å²) in [5, 5.41) is 15.9. The molecule has 0 fully saturated rings. The Morgan fingerprint density at radius 3 is 2.78 bits per heavy atom. The Hall–Kier alpha value is -3.48. The summed E-state index contributed by atoms with van der Waals surface area (Å²) in [5.74, 6) is 0.690. The van der Waals surface area contributed by atoms with Gasteiger partial charge in [-0.2, -0.15) is 0 Å². The molecule has 0 spiro atoms. The van der Waals surface area contributed by atoms with Crippen LogP contribution in [0.4, 0.5) is 5.69 Å². The van der Waals surface area contributed by atoms with E-state index in [0.717, 1.165) is 33.3 Å². The second kappa shape index (κ2) is 6.68. The maximum atomic E-state index is 12.0. The van der Waals surface area contributed by atoms with Crippen LogP contribution in [0.3, 0.4) is 0 Å². The average molecular weight is 361 g/mol. The molecule has 0 saturated heterocycles. The lowest BCUT2D eigenvalue weighted by atomic mass is 10.0. The highest BCUT2D eigenvalue weighted by Crippen LogP contribution is 2.25. The lowest BCUT2D eigenvalue weighted by Gasteiger charge is -2.11. The van der Waals surface area contributed by atoms with Crippen LogP contribution < -0.4 is 10.9 Å². The fourth-order valence-electron chi connectivity index (χ4n) is 3.11. The molecule has 0 aliphatic carbocycles. The summed E-state index contributed by atoms with van der Waals surface area (Å²) in [6.45, 7) is 4.48. The van der Waals surface area contributed by atoms with Gasteiger partial charge in [-0.15, -0.1) is 5.10 Å². The fraction of sp³-hybridized carbons (Fsp3) is 0.200. The van der Waals surface area contributed by atoms with Crippen molar-refractivity contribution in [2.24, 2.45) is 7.05 Å². The Kier molecular flexibility index (Phi) is 4.19. The fourth-order valence-corrected chi connectivity index (χ4v) is 3.11. The maximum Gasteiger partial charge on any atom is 0.336 e. The van der Waals surface area contributed by atoms with Crippen molar-refractivity contribution >= 4 is 16.7 Å². The Bertz CT molecular complexity index is 1190. The van der Waals surface area contributed by atoms with Gasteiger partial charge in [0.2, 0.25) is 0 Å². The summed E-state index contributed by atoms with van der Waals surface area (Å²) in [6.07, 6.45) is 0. The first kappa shape index (κ1) is 17.0. The van der Waals surface area contributed by atoms with Crippen LogP contribution in [0.25, 0.3) is 22.4 Å². The zero-order valence-electron chi connectivity index (χ0n) is 15.4. The third kappa shape index (κ3) is 3.19. The van der Waals surface area contributed by atoms with Crippen LogP contribution >= 0.6 is 0 Å². The molecule has 7 heteroatoms. The molecule has 4 aromatic rings. The SMILES string of the molecule is Cc1ccc2c(CNc3cccc(-c4nnnn4C)c3)cc(=O)oc2c1C. The third-order valence-corrected chi connectivity index (χ3v) is 4.74. The number of anilines is 1. The van der Waals surface area contributed by atoms with Crippen molar-refractivity contribution in [2.75, 3.05) is 5.32 Å². The van der Waals surface area contributed by atoms with E-state index in [1.807, 2.05) is 50.2 Å². The minimum absolute atomic E-state index is 0.341. The van der Waals surface area contributed by atoms with E-state index in [2.05, 4.69) is 20.8 Å². The average Bonchev–Trinajstić information content (AvgIpc) is 3.09. The minimum Gasteiger partial charge on any atom is -0.422 e. The van der Waals surface area contributed by atoms with Gasteiger partial charge in [0.25, 0.3) is 0 Å². The molecule has 2 heterocycles. The number of tetrazole rings is 1. The van der Waals surface area contributed by atoms with Crippen molar-refractivity contribution in [3.8, 4) is 11.4 Å². The number of aromatic nitrogens is 4. The highest BCUT2D eigenvalue weighted by Gasteiger charge is 2.10. The van der Waals surface area contributed by atoms with Gasteiger partial charge in [0.05, 0.1) is 0 Å². The summed E-state index contributed by atoms with van der Waals surface area (Å²) >= 11 is 0. The molecule has 2 aromatic heterocycles. The van der Waals surface area contributed by atoms with Crippen LogP contribution in [0.15, 0.2) is 51.7 Å². The van der Waals surface area contributed by atoms with Crippen molar-refractivity contribution in [3.63, 3.8) is 0 Å². The van der Waals surface area contributed by atoms with Crippen molar-refractivity contribution < 1.29 is 4.42 Å². The van der Waals surface area contributed by atoms with Crippen LogP contribution in [0.2, 0.25) is 0 Å². The molecule has 1 N–H and O–H groups in total. The largest absolute Gasteiger partial charge is 0.422 e. The van der Waals surface area contributed by atoms with E-state index in [-0.39, 0.29) is 5.63 Å². The predicted molar refractivity (Wildman–Crippen MR) is 104 cm³/mol. The summed E-state index contributed by atoms with van der Waals surface area (Å²) in [7, 11) is 1.80. The van der Waals surface area contributed by atoms with Crippen molar-refractivity contribution in [3.05, 3.63) is 69.6 Å². The standard InChI is InChI=1S/C20H19N5O2/c1-12-7-8-17-15(10-18(26)27-19(17)13(12)2)11-21-16-6-4-5-14(9-16)20-22-23-24-25(20)3/h4-10,21H,11H2,1-3H3. The summed E-state index contributed by atoms with van der Waals surface area (Å²) in [6, 6.07) is 13.4. The van der Waals surface area contributed by atoms with E-state index < -0.39 is 0 Å². The second-order valence-electron chi connectivity index (χ2n) is 6.54. The zero-order chi connectivity index (χ0) is 19.0. The third-order valence-electron chi connectivity index (χ3n) is 4.74. The van der Waals surface area contributed by atoms with Crippen LogP contribution in [-0.2, 0) is 13.6 Å². The normalized spacial score (nSPS) is 11.1. The molecule has 0 bridgehead atoms.